The number of hydrogen-bond donors (Lipinski definition) is 1. The number of rotatable bonds is 3. The molecule has 6 nitrogen and oxygen atoms in total. The Bertz CT molecular complexity index is 881. The molecule has 25 heavy (non-hydrogen) atoms. The number of imide groups is 2. The normalized spacial score (nSPS) is 17.9. The molecular weight excluding hydrogens is 454 g/mol. The lowest BCUT2D eigenvalue weighted by atomic mass is 10.1. The summed E-state index contributed by atoms with van der Waals surface area (Å²) >= 11 is 6.62. The van der Waals surface area contributed by atoms with Gasteiger partial charge in [-0.05, 0) is 42.5 Å². The summed E-state index contributed by atoms with van der Waals surface area (Å²) < 4.78 is 1.64. The first-order valence-corrected chi connectivity index (χ1v) is 8.78. The van der Waals surface area contributed by atoms with Gasteiger partial charge in [-0.3, -0.25) is 19.9 Å². The molecule has 126 valence electrons. The predicted molar refractivity (Wildman–Crippen MR) is 101 cm³/mol. The average molecular weight is 465 g/mol. The second kappa shape index (κ2) is 7.28. The molecule has 2 aromatic carbocycles. The molecule has 1 atom stereocenters. The van der Waals surface area contributed by atoms with Crippen molar-refractivity contribution in [1.82, 2.24) is 5.32 Å². The van der Waals surface area contributed by atoms with Crippen LogP contribution in [0, 0.1) is 5.92 Å². The van der Waals surface area contributed by atoms with E-state index < -0.39 is 23.8 Å². The lowest BCUT2D eigenvalue weighted by Crippen LogP contribution is -2.58. The second-order valence-electron chi connectivity index (χ2n) is 5.18. The van der Waals surface area contributed by atoms with Crippen molar-refractivity contribution in [2.45, 2.75) is 0 Å². The Morgan fingerprint density at radius 3 is 2.40 bits per heavy atom. The van der Waals surface area contributed by atoms with Gasteiger partial charge in [0.05, 0.1) is 11.4 Å². The Labute approximate surface area is 160 Å². The van der Waals surface area contributed by atoms with Gasteiger partial charge in [-0.2, -0.15) is 0 Å². The van der Waals surface area contributed by atoms with Crippen LogP contribution in [-0.2, 0) is 9.59 Å². The number of anilines is 1. The Hall–Kier alpha value is -2.32. The van der Waals surface area contributed by atoms with Gasteiger partial charge in [0.15, 0.2) is 5.92 Å². The molecule has 0 spiro atoms. The van der Waals surface area contributed by atoms with Gasteiger partial charge < -0.3 is 0 Å². The minimum absolute atomic E-state index is 0.374. The van der Waals surface area contributed by atoms with Crippen LogP contribution in [0.5, 0.6) is 0 Å². The summed E-state index contributed by atoms with van der Waals surface area (Å²) in [6.45, 7) is 0. The predicted octanol–water partition coefficient (Wildman–Crippen LogP) is 3.81. The number of aliphatic imine (C=N–C) groups is 1. The first kappa shape index (κ1) is 17.5. The third-order valence-electron chi connectivity index (χ3n) is 3.47. The molecule has 1 fully saturated rings. The van der Waals surface area contributed by atoms with Crippen LogP contribution >= 0.6 is 31.9 Å². The van der Waals surface area contributed by atoms with Gasteiger partial charge in [0.25, 0.3) is 5.91 Å². The zero-order valence-electron chi connectivity index (χ0n) is 12.6. The van der Waals surface area contributed by atoms with E-state index in [1.165, 1.54) is 6.21 Å². The number of barbiturate groups is 1. The maximum Gasteiger partial charge on any atom is 0.335 e. The van der Waals surface area contributed by atoms with Crippen molar-refractivity contribution in [3.8, 4) is 0 Å². The van der Waals surface area contributed by atoms with Gasteiger partial charge in [0.1, 0.15) is 0 Å². The van der Waals surface area contributed by atoms with Gasteiger partial charge in [-0.1, -0.05) is 37.9 Å². The highest BCUT2D eigenvalue weighted by molar-refractivity contribution is 9.10. The van der Waals surface area contributed by atoms with Crippen molar-refractivity contribution in [2.24, 2.45) is 10.9 Å². The standard InChI is InChI=1S/C17H11Br2N3O3/c18-10-4-6-13(7-5-10)22-16(24)14(15(23)21-17(22)25)9-20-12-3-1-2-11(19)8-12/h1-9,14H,(H,21,23,25)/t14-/m1/s1. The van der Waals surface area contributed by atoms with E-state index >= 15 is 0 Å². The zero-order valence-corrected chi connectivity index (χ0v) is 15.8. The Morgan fingerprint density at radius 1 is 1.00 bits per heavy atom. The molecule has 2 aromatic rings. The Morgan fingerprint density at radius 2 is 1.72 bits per heavy atom. The first-order valence-electron chi connectivity index (χ1n) is 7.20. The van der Waals surface area contributed by atoms with Gasteiger partial charge in [0, 0.05) is 15.2 Å². The minimum atomic E-state index is -1.18. The SMILES string of the molecule is O=C1NC(=O)N(c2ccc(Br)cc2)C(=O)[C@@H]1C=Nc1cccc(Br)c1. The maximum absolute atomic E-state index is 12.7. The van der Waals surface area contributed by atoms with Crippen LogP contribution in [-0.4, -0.2) is 24.1 Å². The molecule has 0 aliphatic carbocycles. The molecule has 1 aliphatic heterocycles. The molecule has 1 aliphatic rings. The molecule has 0 unspecified atom stereocenters. The van der Waals surface area contributed by atoms with E-state index in [1.807, 2.05) is 6.07 Å². The van der Waals surface area contributed by atoms with Gasteiger partial charge in [0.2, 0.25) is 5.91 Å². The number of carbonyl (C=O) groups excluding carboxylic acids is 3. The van der Waals surface area contributed by atoms with E-state index in [4.69, 9.17) is 0 Å². The number of benzene rings is 2. The van der Waals surface area contributed by atoms with Crippen LogP contribution in [0.1, 0.15) is 0 Å². The van der Waals surface area contributed by atoms with Gasteiger partial charge >= 0.3 is 6.03 Å². The number of hydrogen-bond acceptors (Lipinski definition) is 4. The van der Waals surface area contributed by atoms with Crippen LogP contribution in [0.25, 0.3) is 0 Å². The molecule has 1 heterocycles. The number of nitrogens with one attached hydrogen (secondary N) is 1. The highest BCUT2D eigenvalue weighted by Crippen LogP contribution is 2.23. The summed E-state index contributed by atoms with van der Waals surface area (Å²) in [4.78, 5) is 41.9. The summed E-state index contributed by atoms with van der Waals surface area (Å²) in [7, 11) is 0. The molecule has 0 bridgehead atoms. The third-order valence-corrected chi connectivity index (χ3v) is 4.49. The van der Waals surface area contributed by atoms with Crippen LogP contribution in [0.15, 0.2) is 62.5 Å². The minimum Gasteiger partial charge on any atom is -0.276 e. The number of carbonyl (C=O) groups is 3. The summed E-state index contributed by atoms with van der Waals surface area (Å²) in [5, 5.41) is 2.19. The molecule has 0 saturated carbocycles. The molecule has 3 rings (SSSR count). The van der Waals surface area contributed by atoms with Crippen molar-refractivity contribution in [2.75, 3.05) is 4.90 Å². The zero-order chi connectivity index (χ0) is 18.0. The number of halogens is 2. The largest absolute Gasteiger partial charge is 0.335 e. The van der Waals surface area contributed by atoms with Gasteiger partial charge in [-0.15, -0.1) is 0 Å². The van der Waals surface area contributed by atoms with Crippen LogP contribution in [0.2, 0.25) is 0 Å². The summed E-state index contributed by atoms with van der Waals surface area (Å²) in [6.07, 6.45) is 1.25. The third kappa shape index (κ3) is 3.85. The fraction of sp³-hybridized carbons (Fsp3) is 0.0588. The van der Waals surface area contributed by atoms with E-state index in [1.54, 1.807) is 42.5 Å². The smallest absolute Gasteiger partial charge is 0.276 e. The van der Waals surface area contributed by atoms with E-state index in [-0.39, 0.29) is 0 Å². The summed E-state index contributed by atoms with van der Waals surface area (Å²) in [5.41, 5.74) is 0.959. The van der Waals surface area contributed by atoms with E-state index in [2.05, 4.69) is 42.2 Å². The fourth-order valence-corrected chi connectivity index (χ4v) is 2.92. The number of amides is 4. The van der Waals surface area contributed by atoms with Crippen molar-refractivity contribution in [3.05, 3.63) is 57.5 Å². The number of nitrogens with zero attached hydrogens (tertiary/aromatic N) is 2. The van der Waals surface area contributed by atoms with Crippen molar-refractivity contribution in [1.29, 1.82) is 0 Å². The molecule has 1 N–H and O–H groups in total. The second-order valence-corrected chi connectivity index (χ2v) is 7.01. The summed E-state index contributed by atoms with van der Waals surface area (Å²) in [5.74, 6) is -2.52. The van der Waals surface area contributed by atoms with Crippen molar-refractivity contribution in [3.63, 3.8) is 0 Å². The quantitative estimate of drug-likeness (QED) is 0.554. The lowest BCUT2D eigenvalue weighted by Gasteiger charge is -2.28. The van der Waals surface area contributed by atoms with Crippen LogP contribution < -0.4 is 10.2 Å². The first-order chi connectivity index (χ1) is 12.0. The monoisotopic (exact) mass is 463 g/mol. The molecule has 0 aromatic heterocycles. The highest BCUT2D eigenvalue weighted by atomic mass is 79.9. The van der Waals surface area contributed by atoms with Gasteiger partial charge in [-0.25, -0.2) is 9.69 Å². The molecule has 1 saturated heterocycles. The summed E-state index contributed by atoms with van der Waals surface area (Å²) in [6, 6.07) is 13.0. The molecule has 8 heteroatoms. The molecule has 4 amide bonds. The fourth-order valence-electron chi connectivity index (χ4n) is 2.27. The van der Waals surface area contributed by atoms with E-state index in [0.29, 0.717) is 11.4 Å². The maximum atomic E-state index is 12.7. The molecule has 0 radical (unpaired) electrons. The topological polar surface area (TPSA) is 78.8 Å². The average Bonchev–Trinajstić information content (AvgIpc) is 2.56. The Kier molecular flexibility index (Phi) is 5.10. The molecular formula is C17H11Br2N3O3. The highest BCUT2D eigenvalue weighted by Gasteiger charge is 2.40. The van der Waals surface area contributed by atoms with Crippen LogP contribution in [0.4, 0.5) is 16.2 Å². The number of urea groups is 1. The van der Waals surface area contributed by atoms with Crippen LogP contribution in [0.3, 0.4) is 0 Å². The van der Waals surface area contributed by atoms with E-state index in [9.17, 15) is 14.4 Å². The van der Waals surface area contributed by atoms with Crippen molar-refractivity contribution < 1.29 is 14.4 Å². The van der Waals surface area contributed by atoms with Crippen molar-refractivity contribution >= 4 is 67.3 Å². The van der Waals surface area contributed by atoms with E-state index in [0.717, 1.165) is 13.8 Å². The lowest BCUT2D eigenvalue weighted by molar-refractivity contribution is -0.131. The Balaban J connectivity index is 1.89.